The van der Waals surface area contributed by atoms with E-state index >= 15 is 0 Å². The van der Waals surface area contributed by atoms with Crippen LogP contribution in [-0.4, -0.2) is 10.9 Å². The van der Waals surface area contributed by atoms with E-state index < -0.39 is 0 Å². The number of anilines is 1. The normalized spacial score (nSPS) is 10.1. The highest BCUT2D eigenvalue weighted by molar-refractivity contribution is 9.10. The highest BCUT2D eigenvalue weighted by Gasteiger charge is 2.10. The highest BCUT2D eigenvalue weighted by Crippen LogP contribution is 2.15. The van der Waals surface area contributed by atoms with Crippen LogP contribution in [0.15, 0.2) is 39.4 Å². The van der Waals surface area contributed by atoms with Crippen molar-refractivity contribution in [3.63, 3.8) is 0 Å². The zero-order valence-corrected chi connectivity index (χ0v) is 10.1. The van der Waals surface area contributed by atoms with Crippen molar-refractivity contribution in [2.75, 3.05) is 5.32 Å². The molecule has 2 aromatic heterocycles. The molecule has 2 rings (SSSR count). The van der Waals surface area contributed by atoms with Crippen LogP contribution in [0.2, 0.25) is 0 Å². The molecule has 0 radical (unpaired) electrons. The Bertz CT molecular complexity index is 522. The molecule has 5 heteroatoms. The summed E-state index contributed by atoms with van der Waals surface area (Å²) in [5, 5.41) is 2.65. The minimum atomic E-state index is -0.316. The van der Waals surface area contributed by atoms with Gasteiger partial charge in [0.1, 0.15) is 5.82 Å². The SMILES string of the molecule is Cc1cccc(NC(=O)c2ccc(Br)o2)n1. The Kier molecular flexibility index (Phi) is 3.05. The quantitative estimate of drug-likeness (QED) is 0.920. The van der Waals surface area contributed by atoms with Gasteiger partial charge in [0, 0.05) is 5.69 Å². The molecule has 0 fully saturated rings. The topological polar surface area (TPSA) is 55.1 Å². The monoisotopic (exact) mass is 280 g/mol. The molecule has 0 aliphatic heterocycles. The van der Waals surface area contributed by atoms with Crippen molar-refractivity contribution in [1.29, 1.82) is 0 Å². The second-order valence-electron chi connectivity index (χ2n) is 3.22. The average molecular weight is 281 g/mol. The van der Waals surface area contributed by atoms with Gasteiger partial charge in [-0.1, -0.05) is 6.07 Å². The maximum absolute atomic E-state index is 11.7. The van der Waals surface area contributed by atoms with Crippen molar-refractivity contribution in [3.05, 3.63) is 46.5 Å². The standard InChI is InChI=1S/C11H9BrN2O2/c1-7-3-2-4-10(13-7)14-11(15)8-5-6-9(12)16-8/h2-6H,1H3,(H,13,14,15). The number of hydrogen-bond donors (Lipinski definition) is 1. The van der Waals surface area contributed by atoms with E-state index in [0.717, 1.165) is 5.69 Å². The number of rotatable bonds is 2. The number of pyridine rings is 1. The second-order valence-corrected chi connectivity index (χ2v) is 4.00. The predicted octanol–water partition coefficient (Wildman–Crippen LogP) is 3.00. The largest absolute Gasteiger partial charge is 0.444 e. The van der Waals surface area contributed by atoms with Gasteiger partial charge in [0.05, 0.1) is 0 Å². The number of carbonyl (C=O) groups is 1. The van der Waals surface area contributed by atoms with E-state index in [1.165, 1.54) is 0 Å². The number of nitrogens with one attached hydrogen (secondary N) is 1. The molecular weight excluding hydrogens is 272 g/mol. The summed E-state index contributed by atoms with van der Waals surface area (Å²) in [5.41, 5.74) is 0.846. The molecule has 1 N–H and O–H groups in total. The highest BCUT2D eigenvalue weighted by atomic mass is 79.9. The number of amides is 1. The lowest BCUT2D eigenvalue weighted by Gasteiger charge is -2.02. The summed E-state index contributed by atoms with van der Waals surface area (Å²) in [6.45, 7) is 1.86. The smallest absolute Gasteiger partial charge is 0.292 e. The van der Waals surface area contributed by atoms with E-state index in [9.17, 15) is 4.79 Å². The number of aromatic nitrogens is 1. The predicted molar refractivity (Wildman–Crippen MR) is 63.3 cm³/mol. The lowest BCUT2D eigenvalue weighted by atomic mass is 10.3. The third-order valence-electron chi connectivity index (χ3n) is 1.93. The summed E-state index contributed by atoms with van der Waals surface area (Å²) in [6.07, 6.45) is 0. The van der Waals surface area contributed by atoms with E-state index in [-0.39, 0.29) is 11.7 Å². The molecule has 0 bridgehead atoms. The molecule has 1 amide bonds. The maximum Gasteiger partial charge on any atom is 0.292 e. The molecule has 0 atom stereocenters. The van der Waals surface area contributed by atoms with Gasteiger partial charge in [0.15, 0.2) is 10.4 Å². The van der Waals surface area contributed by atoms with Crippen LogP contribution >= 0.6 is 15.9 Å². The number of hydrogen-bond acceptors (Lipinski definition) is 3. The summed E-state index contributed by atoms with van der Waals surface area (Å²) in [7, 11) is 0. The first-order valence-electron chi connectivity index (χ1n) is 4.65. The van der Waals surface area contributed by atoms with Crippen LogP contribution < -0.4 is 5.32 Å². The van der Waals surface area contributed by atoms with Gasteiger partial charge in [-0.25, -0.2) is 4.98 Å². The maximum atomic E-state index is 11.7. The fourth-order valence-corrected chi connectivity index (χ4v) is 1.53. The zero-order valence-electron chi connectivity index (χ0n) is 8.53. The Hall–Kier alpha value is -1.62. The molecule has 0 saturated heterocycles. The van der Waals surface area contributed by atoms with E-state index in [1.54, 1.807) is 18.2 Å². The van der Waals surface area contributed by atoms with Gasteiger partial charge < -0.3 is 9.73 Å². The molecule has 0 unspecified atom stereocenters. The van der Waals surface area contributed by atoms with Crippen LogP contribution in [-0.2, 0) is 0 Å². The second kappa shape index (κ2) is 4.49. The number of aryl methyl sites for hydroxylation is 1. The first-order chi connectivity index (χ1) is 7.65. The Morgan fingerprint density at radius 3 is 2.81 bits per heavy atom. The summed E-state index contributed by atoms with van der Waals surface area (Å²) >= 11 is 3.14. The molecular formula is C11H9BrN2O2. The molecule has 0 aliphatic rings. The van der Waals surface area contributed by atoms with Crippen LogP contribution in [0, 0.1) is 6.92 Å². The molecule has 4 nitrogen and oxygen atoms in total. The van der Waals surface area contributed by atoms with Crippen LogP contribution in [0.3, 0.4) is 0 Å². The van der Waals surface area contributed by atoms with Crippen molar-refractivity contribution in [3.8, 4) is 0 Å². The summed E-state index contributed by atoms with van der Waals surface area (Å²) < 4.78 is 5.65. The molecule has 0 aliphatic carbocycles. The third-order valence-corrected chi connectivity index (χ3v) is 2.35. The van der Waals surface area contributed by atoms with Crippen LogP contribution in [0.5, 0.6) is 0 Å². The van der Waals surface area contributed by atoms with Crippen molar-refractivity contribution in [1.82, 2.24) is 4.98 Å². The van der Waals surface area contributed by atoms with Gasteiger partial charge in [0.25, 0.3) is 5.91 Å². The zero-order chi connectivity index (χ0) is 11.5. The lowest BCUT2D eigenvalue weighted by molar-refractivity contribution is 0.0995. The van der Waals surface area contributed by atoms with Crippen LogP contribution in [0.4, 0.5) is 5.82 Å². The molecule has 82 valence electrons. The number of carbonyl (C=O) groups excluding carboxylic acids is 1. The van der Waals surface area contributed by atoms with Gasteiger partial charge in [-0.3, -0.25) is 4.79 Å². The molecule has 2 aromatic rings. The number of nitrogens with zero attached hydrogens (tertiary/aromatic N) is 1. The molecule has 0 spiro atoms. The van der Waals surface area contributed by atoms with Crippen molar-refractivity contribution < 1.29 is 9.21 Å². The van der Waals surface area contributed by atoms with Gasteiger partial charge in [-0.15, -0.1) is 0 Å². The van der Waals surface area contributed by atoms with E-state index in [4.69, 9.17) is 4.42 Å². The minimum absolute atomic E-state index is 0.246. The van der Waals surface area contributed by atoms with Crippen molar-refractivity contribution >= 4 is 27.7 Å². The molecule has 0 aromatic carbocycles. The summed E-state index contributed by atoms with van der Waals surface area (Å²) in [6, 6.07) is 8.67. The van der Waals surface area contributed by atoms with E-state index in [2.05, 4.69) is 26.2 Å². The average Bonchev–Trinajstić information content (AvgIpc) is 2.65. The Labute approximate surface area is 101 Å². The molecule has 2 heterocycles. The van der Waals surface area contributed by atoms with Gasteiger partial charge in [-0.05, 0) is 47.1 Å². The lowest BCUT2D eigenvalue weighted by Crippen LogP contribution is -2.12. The van der Waals surface area contributed by atoms with Crippen molar-refractivity contribution in [2.24, 2.45) is 0 Å². The Balaban J connectivity index is 2.13. The third kappa shape index (κ3) is 2.49. The molecule has 16 heavy (non-hydrogen) atoms. The van der Waals surface area contributed by atoms with Gasteiger partial charge in [0.2, 0.25) is 0 Å². The minimum Gasteiger partial charge on any atom is -0.444 e. The van der Waals surface area contributed by atoms with Crippen LogP contribution in [0.25, 0.3) is 0 Å². The Morgan fingerprint density at radius 1 is 1.38 bits per heavy atom. The fourth-order valence-electron chi connectivity index (χ4n) is 1.23. The first kappa shape index (κ1) is 10.9. The Morgan fingerprint density at radius 2 is 2.19 bits per heavy atom. The van der Waals surface area contributed by atoms with E-state index in [0.29, 0.717) is 10.5 Å². The first-order valence-corrected chi connectivity index (χ1v) is 5.45. The number of furan rings is 1. The van der Waals surface area contributed by atoms with Gasteiger partial charge >= 0.3 is 0 Å². The van der Waals surface area contributed by atoms with E-state index in [1.807, 2.05) is 19.1 Å². The van der Waals surface area contributed by atoms with Crippen molar-refractivity contribution in [2.45, 2.75) is 6.92 Å². The number of halogens is 1. The summed E-state index contributed by atoms with van der Waals surface area (Å²) in [5.74, 6) is 0.441. The van der Waals surface area contributed by atoms with Crippen LogP contribution in [0.1, 0.15) is 16.2 Å². The fraction of sp³-hybridized carbons (Fsp3) is 0.0909. The summed E-state index contributed by atoms with van der Waals surface area (Å²) in [4.78, 5) is 15.8. The molecule has 0 saturated carbocycles. The van der Waals surface area contributed by atoms with Gasteiger partial charge in [-0.2, -0.15) is 0 Å².